The van der Waals surface area contributed by atoms with Crippen LogP contribution in [0.2, 0.25) is 0 Å². The Morgan fingerprint density at radius 3 is 2.15 bits per heavy atom. The van der Waals surface area contributed by atoms with Crippen LogP contribution in [0.15, 0.2) is 34.7 Å². The molecule has 1 heterocycles. The Labute approximate surface area is 112 Å². The molecule has 0 fully saturated rings. The molecule has 1 aromatic carbocycles. The SMILES string of the molecule is NC(=O)c1ccc(-c2cc([N+](=O)[O-])oc2C(N)=O)cc1. The minimum atomic E-state index is -0.924. The number of primary amides is 2. The summed E-state index contributed by atoms with van der Waals surface area (Å²) >= 11 is 0. The number of nitro groups is 1. The summed E-state index contributed by atoms with van der Waals surface area (Å²) in [5.74, 6) is -2.44. The number of rotatable bonds is 4. The summed E-state index contributed by atoms with van der Waals surface area (Å²) < 4.78 is 4.80. The molecule has 0 bridgehead atoms. The van der Waals surface area contributed by atoms with Gasteiger partial charge in [0.15, 0.2) is 0 Å². The van der Waals surface area contributed by atoms with Gasteiger partial charge in [-0.2, -0.15) is 0 Å². The van der Waals surface area contributed by atoms with Crippen LogP contribution in [-0.2, 0) is 0 Å². The second-order valence-corrected chi connectivity index (χ2v) is 3.89. The zero-order valence-corrected chi connectivity index (χ0v) is 10.0. The van der Waals surface area contributed by atoms with E-state index in [0.717, 1.165) is 6.07 Å². The predicted octanol–water partition coefficient (Wildman–Crippen LogP) is 1.05. The average Bonchev–Trinajstić information content (AvgIpc) is 2.84. The van der Waals surface area contributed by atoms with Gasteiger partial charge in [-0.25, -0.2) is 0 Å². The molecule has 2 aromatic rings. The normalized spacial score (nSPS) is 10.2. The van der Waals surface area contributed by atoms with Crippen LogP contribution < -0.4 is 11.5 Å². The molecule has 20 heavy (non-hydrogen) atoms. The molecule has 0 atom stereocenters. The van der Waals surface area contributed by atoms with Crippen LogP contribution >= 0.6 is 0 Å². The number of nitrogens with two attached hydrogens (primary N) is 2. The molecule has 0 aliphatic heterocycles. The summed E-state index contributed by atoms with van der Waals surface area (Å²) in [6, 6.07) is 6.93. The van der Waals surface area contributed by atoms with Gasteiger partial charge in [-0.3, -0.25) is 19.7 Å². The lowest BCUT2D eigenvalue weighted by Gasteiger charge is -2.00. The van der Waals surface area contributed by atoms with E-state index >= 15 is 0 Å². The van der Waals surface area contributed by atoms with Gasteiger partial charge in [-0.05, 0) is 17.7 Å². The molecular weight excluding hydrogens is 266 g/mol. The van der Waals surface area contributed by atoms with Crippen LogP contribution in [0.1, 0.15) is 20.9 Å². The van der Waals surface area contributed by atoms with Crippen LogP contribution in [0.25, 0.3) is 11.1 Å². The Hall–Kier alpha value is -3.16. The number of amides is 2. The molecule has 0 saturated heterocycles. The van der Waals surface area contributed by atoms with Gasteiger partial charge in [0.25, 0.3) is 5.91 Å². The molecular formula is C12H9N3O5. The second kappa shape index (κ2) is 4.84. The topological polar surface area (TPSA) is 142 Å². The molecule has 2 rings (SSSR count). The number of hydrogen-bond acceptors (Lipinski definition) is 5. The number of hydrogen-bond donors (Lipinski definition) is 2. The second-order valence-electron chi connectivity index (χ2n) is 3.89. The van der Waals surface area contributed by atoms with Crippen LogP contribution in [0.5, 0.6) is 0 Å². The highest BCUT2D eigenvalue weighted by Gasteiger charge is 2.23. The van der Waals surface area contributed by atoms with Crippen molar-refractivity contribution in [3.8, 4) is 11.1 Å². The van der Waals surface area contributed by atoms with E-state index in [-0.39, 0.29) is 16.9 Å². The first-order valence-electron chi connectivity index (χ1n) is 5.38. The molecule has 8 heteroatoms. The third-order valence-corrected chi connectivity index (χ3v) is 2.60. The van der Waals surface area contributed by atoms with Gasteiger partial charge in [-0.15, -0.1) is 0 Å². The minimum Gasteiger partial charge on any atom is -0.395 e. The molecule has 4 N–H and O–H groups in total. The Kier molecular flexibility index (Phi) is 3.21. The van der Waals surface area contributed by atoms with Crippen molar-refractivity contribution >= 4 is 17.7 Å². The number of benzene rings is 1. The Balaban J connectivity index is 2.53. The van der Waals surface area contributed by atoms with Gasteiger partial charge >= 0.3 is 5.88 Å². The van der Waals surface area contributed by atoms with Gasteiger partial charge in [0.05, 0.1) is 6.07 Å². The maximum atomic E-state index is 11.2. The standard InChI is InChI=1S/C12H9N3O5/c13-11(16)7-3-1-6(2-4-7)8-5-9(15(18)19)20-10(8)12(14)17/h1-5H,(H2,13,16)(H2,14,17). The molecule has 0 aliphatic rings. The highest BCUT2D eigenvalue weighted by Crippen LogP contribution is 2.30. The summed E-state index contributed by atoms with van der Waals surface area (Å²) in [5.41, 5.74) is 11.1. The van der Waals surface area contributed by atoms with E-state index < -0.39 is 22.6 Å². The molecule has 0 saturated carbocycles. The molecule has 8 nitrogen and oxygen atoms in total. The van der Waals surface area contributed by atoms with Crippen molar-refractivity contribution in [2.24, 2.45) is 11.5 Å². The fraction of sp³-hybridized carbons (Fsp3) is 0. The predicted molar refractivity (Wildman–Crippen MR) is 67.8 cm³/mol. The van der Waals surface area contributed by atoms with Gasteiger partial charge in [-0.1, -0.05) is 12.1 Å². The molecule has 2 amide bonds. The van der Waals surface area contributed by atoms with E-state index in [4.69, 9.17) is 15.9 Å². The van der Waals surface area contributed by atoms with E-state index in [9.17, 15) is 19.7 Å². The van der Waals surface area contributed by atoms with Gasteiger partial charge in [0.1, 0.15) is 4.92 Å². The van der Waals surface area contributed by atoms with Crippen molar-refractivity contribution in [1.29, 1.82) is 0 Å². The molecule has 0 spiro atoms. The number of furan rings is 1. The lowest BCUT2D eigenvalue weighted by atomic mass is 10.0. The van der Waals surface area contributed by atoms with E-state index in [1.165, 1.54) is 24.3 Å². The zero-order chi connectivity index (χ0) is 14.9. The summed E-state index contributed by atoms with van der Waals surface area (Å²) in [4.78, 5) is 32.1. The maximum Gasteiger partial charge on any atom is 0.434 e. The first-order valence-corrected chi connectivity index (χ1v) is 5.38. The number of carbonyl (C=O) groups excluding carboxylic acids is 2. The van der Waals surface area contributed by atoms with Crippen molar-refractivity contribution < 1.29 is 18.9 Å². The van der Waals surface area contributed by atoms with Gasteiger partial charge in [0.2, 0.25) is 11.7 Å². The lowest BCUT2D eigenvalue weighted by Crippen LogP contribution is -2.11. The van der Waals surface area contributed by atoms with E-state index in [1.807, 2.05) is 0 Å². The Bertz CT molecular complexity index is 702. The fourth-order valence-electron chi connectivity index (χ4n) is 1.68. The third-order valence-electron chi connectivity index (χ3n) is 2.60. The monoisotopic (exact) mass is 275 g/mol. The molecule has 0 radical (unpaired) electrons. The fourth-order valence-corrected chi connectivity index (χ4v) is 1.68. The van der Waals surface area contributed by atoms with Crippen molar-refractivity contribution in [1.82, 2.24) is 0 Å². The summed E-state index contributed by atoms with van der Waals surface area (Å²) in [6.45, 7) is 0. The van der Waals surface area contributed by atoms with E-state index in [2.05, 4.69) is 0 Å². The molecule has 0 aliphatic carbocycles. The third kappa shape index (κ3) is 2.34. The van der Waals surface area contributed by atoms with Crippen LogP contribution in [-0.4, -0.2) is 16.7 Å². The van der Waals surface area contributed by atoms with Crippen molar-refractivity contribution in [2.75, 3.05) is 0 Å². The number of carbonyl (C=O) groups is 2. The van der Waals surface area contributed by atoms with E-state index in [1.54, 1.807) is 0 Å². The minimum absolute atomic E-state index is 0.181. The van der Waals surface area contributed by atoms with E-state index in [0.29, 0.717) is 5.56 Å². The highest BCUT2D eigenvalue weighted by atomic mass is 16.6. The summed E-state index contributed by atoms with van der Waals surface area (Å²) in [5, 5.41) is 10.7. The van der Waals surface area contributed by atoms with Crippen LogP contribution in [0.3, 0.4) is 0 Å². The smallest absolute Gasteiger partial charge is 0.395 e. The number of nitrogens with zero attached hydrogens (tertiary/aromatic N) is 1. The Morgan fingerprint density at radius 1 is 1.10 bits per heavy atom. The molecule has 0 unspecified atom stereocenters. The summed E-state index contributed by atoms with van der Waals surface area (Å²) in [6.07, 6.45) is 0. The van der Waals surface area contributed by atoms with Crippen molar-refractivity contribution in [3.63, 3.8) is 0 Å². The Morgan fingerprint density at radius 2 is 1.70 bits per heavy atom. The first-order chi connectivity index (χ1) is 9.40. The van der Waals surface area contributed by atoms with Gasteiger partial charge < -0.3 is 15.9 Å². The van der Waals surface area contributed by atoms with Crippen LogP contribution in [0, 0.1) is 10.1 Å². The molecule has 102 valence electrons. The first kappa shape index (κ1) is 13.3. The van der Waals surface area contributed by atoms with Gasteiger partial charge in [0, 0.05) is 11.1 Å². The molecule has 1 aromatic heterocycles. The van der Waals surface area contributed by atoms with Crippen molar-refractivity contribution in [2.45, 2.75) is 0 Å². The highest BCUT2D eigenvalue weighted by molar-refractivity contribution is 5.98. The maximum absolute atomic E-state index is 11.2. The quantitative estimate of drug-likeness (QED) is 0.633. The zero-order valence-electron chi connectivity index (χ0n) is 10.0. The average molecular weight is 275 g/mol. The van der Waals surface area contributed by atoms with Crippen molar-refractivity contribution in [3.05, 3.63) is 51.8 Å². The lowest BCUT2D eigenvalue weighted by molar-refractivity contribution is -0.402. The largest absolute Gasteiger partial charge is 0.434 e. The van der Waals surface area contributed by atoms with Crippen LogP contribution in [0.4, 0.5) is 5.88 Å². The summed E-state index contributed by atoms with van der Waals surface area (Å²) in [7, 11) is 0.